The normalized spacial score (nSPS) is 11.9. The van der Waals surface area contributed by atoms with E-state index in [1.165, 1.54) is 13.2 Å². The molecule has 2 aromatic carbocycles. The molecule has 1 unspecified atom stereocenters. The molecule has 0 spiro atoms. The quantitative estimate of drug-likeness (QED) is 0.781. The number of para-hydroxylation sites is 1. The third-order valence-corrected chi connectivity index (χ3v) is 3.43. The molecule has 0 aromatic heterocycles. The maximum Gasteiger partial charge on any atom is 0.229 e. The number of methoxy groups -OCH3 is 1. The minimum Gasteiger partial charge on any atom is -0.496 e. The maximum atomic E-state index is 13.7. The van der Waals surface area contributed by atoms with Crippen LogP contribution in [-0.2, 0) is 11.2 Å². The van der Waals surface area contributed by atoms with Gasteiger partial charge in [0.15, 0.2) is 0 Å². The second-order valence-electron chi connectivity index (χ2n) is 4.39. The van der Waals surface area contributed by atoms with Crippen LogP contribution in [-0.4, -0.2) is 12.4 Å². The summed E-state index contributed by atoms with van der Waals surface area (Å²) in [5.74, 6) is -0.405. The molecule has 4 heteroatoms. The monoisotopic (exact) mass is 292 g/mol. The van der Waals surface area contributed by atoms with E-state index in [1.54, 1.807) is 42.5 Å². The second kappa shape index (κ2) is 6.53. The highest BCUT2D eigenvalue weighted by molar-refractivity contribution is 6.64. The van der Waals surface area contributed by atoms with E-state index in [2.05, 4.69) is 0 Å². The Morgan fingerprint density at radius 3 is 2.50 bits per heavy atom. The first-order valence-electron chi connectivity index (χ1n) is 6.19. The fourth-order valence-corrected chi connectivity index (χ4v) is 2.35. The van der Waals surface area contributed by atoms with Crippen molar-refractivity contribution in [2.24, 2.45) is 0 Å². The molecular weight excluding hydrogens is 279 g/mol. The van der Waals surface area contributed by atoms with Crippen LogP contribution in [0, 0.1) is 5.82 Å². The molecule has 104 valence electrons. The number of hydrogen-bond acceptors (Lipinski definition) is 2. The Balaban J connectivity index is 2.37. The Morgan fingerprint density at radius 2 is 1.85 bits per heavy atom. The highest BCUT2D eigenvalue weighted by atomic mass is 35.5. The summed E-state index contributed by atoms with van der Waals surface area (Å²) in [6.45, 7) is 0. The average molecular weight is 293 g/mol. The molecule has 0 radical (unpaired) electrons. The number of rotatable bonds is 5. The van der Waals surface area contributed by atoms with Gasteiger partial charge in [0, 0.05) is 5.56 Å². The zero-order valence-electron chi connectivity index (χ0n) is 11.0. The summed E-state index contributed by atoms with van der Waals surface area (Å²) in [6.07, 6.45) is 0.204. The smallest absolute Gasteiger partial charge is 0.229 e. The van der Waals surface area contributed by atoms with Gasteiger partial charge in [-0.3, -0.25) is 4.79 Å². The van der Waals surface area contributed by atoms with E-state index < -0.39 is 11.2 Å². The van der Waals surface area contributed by atoms with E-state index >= 15 is 0 Å². The van der Waals surface area contributed by atoms with Gasteiger partial charge in [-0.25, -0.2) is 4.39 Å². The van der Waals surface area contributed by atoms with E-state index in [4.69, 9.17) is 16.3 Å². The number of carbonyl (C=O) groups is 1. The van der Waals surface area contributed by atoms with Crippen molar-refractivity contribution in [3.8, 4) is 5.75 Å². The summed E-state index contributed by atoms with van der Waals surface area (Å²) >= 11 is 5.69. The van der Waals surface area contributed by atoms with Crippen LogP contribution in [0.3, 0.4) is 0 Å². The van der Waals surface area contributed by atoms with Crippen LogP contribution in [0.25, 0.3) is 0 Å². The largest absolute Gasteiger partial charge is 0.496 e. The summed E-state index contributed by atoms with van der Waals surface area (Å²) < 4.78 is 19.0. The Labute approximate surface area is 122 Å². The number of carbonyl (C=O) groups excluding carboxylic acids is 1. The minimum absolute atomic E-state index is 0.204. The van der Waals surface area contributed by atoms with E-state index in [0.29, 0.717) is 16.9 Å². The van der Waals surface area contributed by atoms with Gasteiger partial charge in [0.1, 0.15) is 11.6 Å². The van der Waals surface area contributed by atoms with Crippen LogP contribution < -0.4 is 4.74 Å². The van der Waals surface area contributed by atoms with Crippen LogP contribution in [0.4, 0.5) is 4.39 Å². The molecule has 0 saturated carbocycles. The highest BCUT2D eigenvalue weighted by Gasteiger charge is 2.23. The topological polar surface area (TPSA) is 26.3 Å². The van der Waals surface area contributed by atoms with Crippen molar-refractivity contribution < 1.29 is 13.9 Å². The van der Waals surface area contributed by atoms with Gasteiger partial charge in [0.05, 0.1) is 13.0 Å². The molecule has 0 fully saturated rings. The van der Waals surface area contributed by atoms with Gasteiger partial charge in [-0.2, -0.15) is 0 Å². The molecule has 0 aliphatic heterocycles. The van der Waals surface area contributed by atoms with Crippen molar-refractivity contribution in [3.63, 3.8) is 0 Å². The van der Waals surface area contributed by atoms with E-state index in [9.17, 15) is 9.18 Å². The molecule has 0 aliphatic carbocycles. The molecular formula is C16H14ClFO2. The molecule has 0 N–H and O–H groups in total. The summed E-state index contributed by atoms with van der Waals surface area (Å²) in [6, 6.07) is 13.5. The van der Waals surface area contributed by atoms with Crippen LogP contribution in [0.1, 0.15) is 17.0 Å². The predicted octanol–water partition coefficient (Wildman–Crippen LogP) is 3.93. The highest BCUT2D eigenvalue weighted by Crippen LogP contribution is 2.31. The second-order valence-corrected chi connectivity index (χ2v) is 4.77. The summed E-state index contributed by atoms with van der Waals surface area (Å²) in [5, 5.41) is -0.530. The molecule has 0 saturated heterocycles. The van der Waals surface area contributed by atoms with Crippen molar-refractivity contribution in [2.75, 3.05) is 7.11 Å². The summed E-state index contributed by atoms with van der Waals surface area (Å²) in [4.78, 5) is 11.7. The molecule has 2 aromatic rings. The first-order chi connectivity index (χ1) is 9.63. The van der Waals surface area contributed by atoms with E-state index in [1.807, 2.05) is 0 Å². The molecule has 1 atom stereocenters. The van der Waals surface area contributed by atoms with Crippen molar-refractivity contribution in [1.82, 2.24) is 0 Å². The summed E-state index contributed by atoms with van der Waals surface area (Å²) in [7, 11) is 1.53. The molecule has 0 aliphatic rings. The van der Waals surface area contributed by atoms with Gasteiger partial charge < -0.3 is 4.74 Å². The Bertz CT molecular complexity index is 613. The van der Waals surface area contributed by atoms with Gasteiger partial charge in [-0.15, -0.1) is 0 Å². The van der Waals surface area contributed by atoms with Crippen LogP contribution in [0.2, 0.25) is 0 Å². The lowest BCUT2D eigenvalue weighted by Gasteiger charge is -2.16. The first kappa shape index (κ1) is 14.5. The van der Waals surface area contributed by atoms with Crippen LogP contribution in [0.5, 0.6) is 5.75 Å². The molecule has 2 rings (SSSR count). The fraction of sp³-hybridized carbons (Fsp3) is 0.188. The molecule has 2 nitrogen and oxygen atoms in total. The van der Waals surface area contributed by atoms with Crippen LogP contribution >= 0.6 is 11.6 Å². The summed E-state index contributed by atoms with van der Waals surface area (Å²) in [5.41, 5.74) is 1.12. The zero-order valence-corrected chi connectivity index (χ0v) is 11.7. The number of hydrogen-bond donors (Lipinski definition) is 0. The van der Waals surface area contributed by atoms with E-state index in [0.717, 1.165) is 0 Å². The van der Waals surface area contributed by atoms with E-state index in [-0.39, 0.29) is 12.2 Å². The van der Waals surface area contributed by atoms with Gasteiger partial charge in [0.2, 0.25) is 5.24 Å². The number of halogens is 2. The van der Waals surface area contributed by atoms with Crippen molar-refractivity contribution >= 4 is 16.8 Å². The Morgan fingerprint density at radius 1 is 1.20 bits per heavy atom. The fourth-order valence-electron chi connectivity index (χ4n) is 2.15. The SMILES string of the molecule is COc1ccccc1C(Cc1ccccc1F)C(=O)Cl. The number of benzene rings is 2. The standard InChI is InChI=1S/C16H14ClFO2/c1-20-15-9-5-3-7-12(15)13(16(17)19)10-11-6-2-4-8-14(11)18/h2-9,13H,10H2,1H3. The van der Waals surface area contributed by atoms with Crippen molar-refractivity contribution in [2.45, 2.75) is 12.3 Å². The molecule has 0 heterocycles. The average Bonchev–Trinajstić information content (AvgIpc) is 2.46. The van der Waals surface area contributed by atoms with Crippen molar-refractivity contribution in [3.05, 3.63) is 65.5 Å². The minimum atomic E-state index is -0.635. The Hall–Kier alpha value is -1.87. The first-order valence-corrected chi connectivity index (χ1v) is 6.57. The van der Waals surface area contributed by atoms with Crippen molar-refractivity contribution in [1.29, 1.82) is 0 Å². The molecule has 0 amide bonds. The third-order valence-electron chi connectivity index (χ3n) is 3.17. The Kier molecular flexibility index (Phi) is 4.74. The lowest BCUT2D eigenvalue weighted by molar-refractivity contribution is -0.113. The zero-order chi connectivity index (χ0) is 14.5. The predicted molar refractivity (Wildman–Crippen MR) is 76.7 cm³/mol. The molecule has 20 heavy (non-hydrogen) atoms. The molecule has 0 bridgehead atoms. The maximum absolute atomic E-state index is 13.7. The van der Waals surface area contributed by atoms with Gasteiger partial charge in [-0.1, -0.05) is 36.4 Å². The van der Waals surface area contributed by atoms with Gasteiger partial charge in [-0.05, 0) is 35.7 Å². The van der Waals surface area contributed by atoms with Gasteiger partial charge in [0.25, 0.3) is 0 Å². The third kappa shape index (κ3) is 3.17. The number of ether oxygens (including phenoxy) is 1. The lowest BCUT2D eigenvalue weighted by atomic mass is 9.92. The lowest BCUT2D eigenvalue weighted by Crippen LogP contribution is -2.12. The van der Waals surface area contributed by atoms with Crippen LogP contribution in [0.15, 0.2) is 48.5 Å². The van der Waals surface area contributed by atoms with Gasteiger partial charge >= 0.3 is 0 Å².